The molecule has 0 radical (unpaired) electrons. The molecule has 138 valence electrons. The summed E-state index contributed by atoms with van der Waals surface area (Å²) in [4.78, 5) is 16.6. The molecule has 5 nitrogen and oxygen atoms in total. The van der Waals surface area contributed by atoms with Crippen molar-refractivity contribution in [3.63, 3.8) is 0 Å². The summed E-state index contributed by atoms with van der Waals surface area (Å²) in [6.45, 7) is 2.70. The van der Waals surface area contributed by atoms with Crippen LogP contribution in [0.3, 0.4) is 0 Å². The molecule has 0 saturated carbocycles. The van der Waals surface area contributed by atoms with Crippen LogP contribution in [-0.4, -0.2) is 10.9 Å². The van der Waals surface area contributed by atoms with Gasteiger partial charge in [-0.25, -0.2) is 0 Å². The standard InChI is InChI=1S/C22H24N4O/c1-2-20(17-6-4-3-5-7-17)26-22(27)18-8-9-21(19(23)14-18)25-15-16-10-12-24-13-11-16/h3-14,20,25H,2,15,23H2,1H3,(H,26,27)/t20-/m1/s1. The first-order valence-electron chi connectivity index (χ1n) is 9.05. The highest BCUT2D eigenvalue weighted by molar-refractivity contribution is 5.96. The fraction of sp³-hybridized carbons (Fsp3) is 0.182. The van der Waals surface area contributed by atoms with Gasteiger partial charge in [-0.1, -0.05) is 37.3 Å². The Morgan fingerprint density at radius 3 is 2.48 bits per heavy atom. The number of carbonyl (C=O) groups excluding carboxylic acids is 1. The minimum atomic E-state index is -0.127. The number of hydrogen-bond donors (Lipinski definition) is 3. The van der Waals surface area contributed by atoms with Crippen LogP contribution in [0.5, 0.6) is 0 Å². The molecule has 0 aliphatic rings. The summed E-state index contributed by atoms with van der Waals surface area (Å²) in [5.74, 6) is -0.127. The molecule has 1 heterocycles. The number of nitrogens with one attached hydrogen (secondary N) is 2. The average Bonchev–Trinajstić information content (AvgIpc) is 2.72. The Bertz CT molecular complexity index is 881. The molecule has 1 aromatic heterocycles. The second kappa shape index (κ2) is 8.85. The van der Waals surface area contributed by atoms with Crippen molar-refractivity contribution < 1.29 is 4.79 Å². The van der Waals surface area contributed by atoms with Crippen molar-refractivity contribution in [1.82, 2.24) is 10.3 Å². The van der Waals surface area contributed by atoms with Crippen molar-refractivity contribution in [3.05, 3.63) is 89.7 Å². The fourth-order valence-electron chi connectivity index (χ4n) is 2.91. The van der Waals surface area contributed by atoms with Gasteiger partial charge in [0.05, 0.1) is 17.4 Å². The van der Waals surface area contributed by atoms with Gasteiger partial charge >= 0.3 is 0 Å². The molecule has 0 aliphatic carbocycles. The minimum absolute atomic E-state index is 0.0237. The van der Waals surface area contributed by atoms with E-state index in [1.54, 1.807) is 24.5 Å². The molecule has 0 aliphatic heterocycles. The smallest absolute Gasteiger partial charge is 0.251 e. The van der Waals surface area contributed by atoms with E-state index in [0.29, 0.717) is 17.8 Å². The highest BCUT2D eigenvalue weighted by Gasteiger charge is 2.14. The quantitative estimate of drug-likeness (QED) is 0.553. The molecular formula is C22H24N4O. The minimum Gasteiger partial charge on any atom is -0.397 e. The van der Waals surface area contributed by atoms with Gasteiger partial charge in [0.1, 0.15) is 0 Å². The van der Waals surface area contributed by atoms with Crippen molar-refractivity contribution in [2.75, 3.05) is 11.1 Å². The largest absolute Gasteiger partial charge is 0.397 e. The summed E-state index contributed by atoms with van der Waals surface area (Å²) >= 11 is 0. The maximum absolute atomic E-state index is 12.6. The number of hydrogen-bond acceptors (Lipinski definition) is 4. The second-order valence-corrected chi connectivity index (χ2v) is 6.36. The Kier molecular flexibility index (Phi) is 6.05. The molecule has 4 N–H and O–H groups in total. The van der Waals surface area contributed by atoms with Gasteiger partial charge in [0, 0.05) is 24.5 Å². The summed E-state index contributed by atoms with van der Waals surface area (Å²) < 4.78 is 0. The number of pyridine rings is 1. The van der Waals surface area contributed by atoms with Crippen LogP contribution in [0.4, 0.5) is 11.4 Å². The van der Waals surface area contributed by atoms with E-state index in [4.69, 9.17) is 5.73 Å². The predicted molar refractivity (Wildman–Crippen MR) is 109 cm³/mol. The van der Waals surface area contributed by atoms with E-state index >= 15 is 0 Å². The first-order valence-corrected chi connectivity index (χ1v) is 9.05. The van der Waals surface area contributed by atoms with E-state index in [-0.39, 0.29) is 11.9 Å². The number of amides is 1. The maximum Gasteiger partial charge on any atom is 0.251 e. The third-order valence-corrected chi connectivity index (χ3v) is 4.46. The average molecular weight is 360 g/mol. The normalized spacial score (nSPS) is 11.6. The van der Waals surface area contributed by atoms with Crippen LogP contribution >= 0.6 is 0 Å². The molecule has 1 atom stereocenters. The van der Waals surface area contributed by atoms with Gasteiger partial charge in [-0.3, -0.25) is 9.78 Å². The van der Waals surface area contributed by atoms with Crippen LogP contribution in [0.2, 0.25) is 0 Å². The molecule has 5 heteroatoms. The third kappa shape index (κ3) is 4.85. The number of nitrogens with zero attached hydrogens (tertiary/aromatic N) is 1. The van der Waals surface area contributed by atoms with Crippen LogP contribution in [0.15, 0.2) is 73.1 Å². The van der Waals surface area contributed by atoms with Crippen LogP contribution in [0.1, 0.15) is 40.9 Å². The van der Waals surface area contributed by atoms with Gasteiger partial charge in [-0.2, -0.15) is 0 Å². The number of rotatable bonds is 7. The highest BCUT2D eigenvalue weighted by Crippen LogP contribution is 2.22. The van der Waals surface area contributed by atoms with Crippen molar-refractivity contribution >= 4 is 17.3 Å². The second-order valence-electron chi connectivity index (χ2n) is 6.36. The molecule has 1 amide bonds. The Hall–Kier alpha value is -3.34. The van der Waals surface area contributed by atoms with Crippen LogP contribution in [0, 0.1) is 0 Å². The zero-order valence-electron chi connectivity index (χ0n) is 15.4. The lowest BCUT2D eigenvalue weighted by molar-refractivity contribution is 0.0935. The zero-order chi connectivity index (χ0) is 19.1. The zero-order valence-corrected chi connectivity index (χ0v) is 15.4. The molecular weight excluding hydrogens is 336 g/mol. The van der Waals surface area contributed by atoms with Crippen LogP contribution < -0.4 is 16.4 Å². The monoisotopic (exact) mass is 360 g/mol. The molecule has 27 heavy (non-hydrogen) atoms. The molecule has 3 rings (SSSR count). The number of anilines is 2. The molecule has 0 unspecified atom stereocenters. The first-order chi connectivity index (χ1) is 13.2. The van der Waals surface area contributed by atoms with Gasteiger partial charge in [-0.15, -0.1) is 0 Å². The van der Waals surface area contributed by atoms with Crippen LogP contribution in [-0.2, 0) is 6.54 Å². The summed E-state index contributed by atoms with van der Waals surface area (Å²) in [5, 5.41) is 6.37. The molecule has 0 bridgehead atoms. The van der Waals surface area contributed by atoms with E-state index in [1.807, 2.05) is 48.5 Å². The van der Waals surface area contributed by atoms with E-state index in [1.165, 1.54) is 0 Å². The number of carbonyl (C=O) groups is 1. The molecule has 0 spiro atoms. The number of nitrogens with two attached hydrogens (primary N) is 1. The molecule has 0 fully saturated rings. The molecule has 3 aromatic rings. The number of nitrogen functional groups attached to an aromatic ring is 1. The Labute approximate surface area is 159 Å². The predicted octanol–water partition coefficient (Wildman–Crippen LogP) is 4.16. The van der Waals surface area contributed by atoms with Gasteiger partial charge in [0.2, 0.25) is 0 Å². The lowest BCUT2D eigenvalue weighted by Gasteiger charge is -2.18. The van der Waals surface area contributed by atoms with Crippen molar-refractivity contribution in [3.8, 4) is 0 Å². The van der Waals surface area contributed by atoms with Gasteiger partial charge in [0.25, 0.3) is 5.91 Å². The summed E-state index contributed by atoms with van der Waals surface area (Å²) in [5.41, 5.74) is 10.3. The van der Waals surface area contributed by atoms with E-state index in [9.17, 15) is 4.79 Å². The van der Waals surface area contributed by atoms with Gasteiger partial charge in [-0.05, 0) is 47.9 Å². The fourth-order valence-corrected chi connectivity index (χ4v) is 2.91. The Morgan fingerprint density at radius 2 is 1.81 bits per heavy atom. The Morgan fingerprint density at radius 1 is 1.07 bits per heavy atom. The van der Waals surface area contributed by atoms with Crippen molar-refractivity contribution in [1.29, 1.82) is 0 Å². The van der Waals surface area contributed by atoms with Gasteiger partial charge < -0.3 is 16.4 Å². The van der Waals surface area contributed by atoms with Gasteiger partial charge in [0.15, 0.2) is 0 Å². The lowest BCUT2D eigenvalue weighted by Crippen LogP contribution is -2.28. The van der Waals surface area contributed by atoms with Crippen molar-refractivity contribution in [2.24, 2.45) is 0 Å². The lowest BCUT2D eigenvalue weighted by atomic mass is 10.0. The molecule has 0 saturated heterocycles. The number of aromatic nitrogens is 1. The highest BCUT2D eigenvalue weighted by atomic mass is 16.1. The maximum atomic E-state index is 12.6. The third-order valence-electron chi connectivity index (χ3n) is 4.46. The van der Waals surface area contributed by atoms with E-state index in [2.05, 4.69) is 22.5 Å². The number of benzene rings is 2. The first kappa shape index (κ1) is 18.5. The summed E-state index contributed by atoms with van der Waals surface area (Å²) in [7, 11) is 0. The summed E-state index contributed by atoms with van der Waals surface area (Å²) in [6.07, 6.45) is 4.33. The van der Waals surface area contributed by atoms with Crippen molar-refractivity contribution in [2.45, 2.75) is 25.9 Å². The van der Waals surface area contributed by atoms with E-state index in [0.717, 1.165) is 23.2 Å². The Balaban J connectivity index is 1.66. The topological polar surface area (TPSA) is 80.0 Å². The summed E-state index contributed by atoms with van der Waals surface area (Å²) in [6, 6.07) is 19.2. The SMILES string of the molecule is CC[C@@H](NC(=O)c1ccc(NCc2ccncc2)c(N)c1)c1ccccc1. The van der Waals surface area contributed by atoms with Crippen LogP contribution in [0.25, 0.3) is 0 Å². The van der Waals surface area contributed by atoms with E-state index < -0.39 is 0 Å². The molecule has 2 aromatic carbocycles.